The van der Waals surface area contributed by atoms with Gasteiger partial charge < -0.3 is 10.4 Å². The van der Waals surface area contributed by atoms with E-state index in [0.717, 1.165) is 38.0 Å². The number of rotatable bonds is 7. The third-order valence-corrected chi connectivity index (χ3v) is 5.55. The molecule has 0 aliphatic carbocycles. The molecule has 0 spiro atoms. The van der Waals surface area contributed by atoms with Crippen molar-refractivity contribution in [3.63, 3.8) is 0 Å². The van der Waals surface area contributed by atoms with Crippen molar-refractivity contribution in [2.24, 2.45) is 11.8 Å². The van der Waals surface area contributed by atoms with Crippen LogP contribution in [0.15, 0.2) is 60.7 Å². The third kappa shape index (κ3) is 5.20. The minimum Gasteiger partial charge on any atom is -0.481 e. The fourth-order valence-electron chi connectivity index (χ4n) is 3.77. The summed E-state index contributed by atoms with van der Waals surface area (Å²) < 4.78 is 0. The number of benzene rings is 2. The summed E-state index contributed by atoms with van der Waals surface area (Å²) in [6, 6.07) is 19.2. The Hall–Kier alpha value is -2.66. The molecule has 1 saturated heterocycles. The second kappa shape index (κ2) is 9.51. The largest absolute Gasteiger partial charge is 0.481 e. The van der Waals surface area contributed by atoms with E-state index >= 15 is 0 Å². The number of carboxylic acid groups (broad SMARTS) is 1. The molecule has 2 aromatic rings. The first-order valence-corrected chi connectivity index (χ1v) is 9.89. The van der Waals surface area contributed by atoms with E-state index in [1.807, 2.05) is 48.5 Å². The molecule has 0 bridgehead atoms. The van der Waals surface area contributed by atoms with Gasteiger partial charge in [0.2, 0.25) is 5.91 Å². The van der Waals surface area contributed by atoms with Gasteiger partial charge in [0.05, 0.1) is 12.0 Å². The maximum absolute atomic E-state index is 12.9. The molecule has 0 aromatic heterocycles. The normalized spacial score (nSPS) is 17.6. The molecule has 148 valence electrons. The van der Waals surface area contributed by atoms with Gasteiger partial charge in [0.25, 0.3) is 0 Å². The molecule has 2 aromatic carbocycles. The number of likely N-dealkylation sites (tertiary alicyclic amines) is 1. The fraction of sp³-hybridized carbons (Fsp3) is 0.391. The molecule has 1 fully saturated rings. The van der Waals surface area contributed by atoms with Gasteiger partial charge in [0, 0.05) is 12.5 Å². The first-order chi connectivity index (χ1) is 13.5. The van der Waals surface area contributed by atoms with Crippen molar-refractivity contribution in [1.82, 2.24) is 10.2 Å². The van der Waals surface area contributed by atoms with E-state index < -0.39 is 17.9 Å². The molecular weight excluding hydrogens is 352 g/mol. The Morgan fingerprint density at radius 1 is 1.04 bits per heavy atom. The summed E-state index contributed by atoms with van der Waals surface area (Å²) in [6.45, 7) is 4.29. The molecule has 2 unspecified atom stereocenters. The fourth-order valence-corrected chi connectivity index (χ4v) is 3.77. The number of amides is 1. The molecule has 1 heterocycles. The van der Waals surface area contributed by atoms with Gasteiger partial charge in [-0.1, -0.05) is 60.7 Å². The van der Waals surface area contributed by atoms with E-state index in [0.29, 0.717) is 0 Å². The maximum atomic E-state index is 12.9. The zero-order valence-electron chi connectivity index (χ0n) is 16.3. The smallest absolute Gasteiger partial charge is 0.308 e. The molecule has 2 atom stereocenters. The summed E-state index contributed by atoms with van der Waals surface area (Å²) in [6.07, 6.45) is 1.59. The summed E-state index contributed by atoms with van der Waals surface area (Å²) in [7, 11) is 0. The Balaban J connectivity index is 1.58. The number of piperidine rings is 1. The molecule has 3 rings (SSSR count). The Bertz CT molecular complexity index is 771. The van der Waals surface area contributed by atoms with E-state index in [1.54, 1.807) is 6.92 Å². The van der Waals surface area contributed by atoms with Crippen LogP contribution in [0, 0.1) is 11.8 Å². The summed E-state index contributed by atoms with van der Waals surface area (Å²) in [4.78, 5) is 26.8. The highest BCUT2D eigenvalue weighted by atomic mass is 16.4. The average molecular weight is 380 g/mol. The lowest BCUT2D eigenvalue weighted by Gasteiger charge is -2.32. The van der Waals surface area contributed by atoms with Crippen LogP contribution in [0.4, 0.5) is 0 Å². The molecule has 5 nitrogen and oxygen atoms in total. The molecule has 0 radical (unpaired) electrons. The lowest BCUT2D eigenvalue weighted by Crippen LogP contribution is -2.43. The average Bonchev–Trinajstić information content (AvgIpc) is 2.73. The first-order valence-electron chi connectivity index (χ1n) is 9.89. The van der Waals surface area contributed by atoms with E-state index in [2.05, 4.69) is 22.3 Å². The van der Waals surface area contributed by atoms with Crippen LogP contribution in [-0.4, -0.2) is 35.0 Å². The highest BCUT2D eigenvalue weighted by Crippen LogP contribution is 2.25. The van der Waals surface area contributed by atoms with Gasteiger partial charge in [0.1, 0.15) is 0 Å². The number of aliphatic carboxylic acids is 1. The van der Waals surface area contributed by atoms with Crippen LogP contribution in [0.25, 0.3) is 0 Å². The van der Waals surface area contributed by atoms with E-state index in [-0.39, 0.29) is 11.8 Å². The van der Waals surface area contributed by atoms with Crippen LogP contribution in [0.5, 0.6) is 0 Å². The van der Waals surface area contributed by atoms with E-state index in [4.69, 9.17) is 0 Å². The number of nitrogens with one attached hydrogen (secondary N) is 1. The lowest BCUT2D eigenvalue weighted by molar-refractivity contribution is -0.142. The van der Waals surface area contributed by atoms with E-state index in [1.165, 1.54) is 5.56 Å². The summed E-state index contributed by atoms with van der Waals surface area (Å²) in [5.41, 5.74) is 2.11. The third-order valence-electron chi connectivity index (χ3n) is 5.55. The Kier molecular flexibility index (Phi) is 6.82. The minimum atomic E-state index is -0.910. The lowest BCUT2D eigenvalue weighted by atomic mass is 9.91. The van der Waals surface area contributed by atoms with Gasteiger partial charge in [-0.05, 0) is 44.0 Å². The Labute approximate surface area is 166 Å². The van der Waals surface area contributed by atoms with Crippen LogP contribution in [0.3, 0.4) is 0 Å². The number of carbonyl (C=O) groups is 2. The van der Waals surface area contributed by atoms with Gasteiger partial charge >= 0.3 is 5.97 Å². The molecule has 1 aliphatic heterocycles. The topological polar surface area (TPSA) is 69.6 Å². The van der Waals surface area contributed by atoms with Gasteiger partial charge in [0.15, 0.2) is 0 Å². The van der Waals surface area contributed by atoms with Crippen LogP contribution in [-0.2, 0) is 16.1 Å². The van der Waals surface area contributed by atoms with Crippen LogP contribution in [0.2, 0.25) is 0 Å². The number of hydrogen-bond donors (Lipinski definition) is 2. The Morgan fingerprint density at radius 2 is 1.61 bits per heavy atom. The summed E-state index contributed by atoms with van der Waals surface area (Å²) >= 11 is 0. The van der Waals surface area contributed by atoms with Gasteiger partial charge in [-0.3, -0.25) is 14.5 Å². The number of nitrogens with zero attached hydrogens (tertiary/aromatic N) is 1. The molecular formula is C23H28N2O3. The van der Waals surface area contributed by atoms with Crippen LogP contribution >= 0.6 is 0 Å². The van der Waals surface area contributed by atoms with Crippen molar-refractivity contribution in [3.8, 4) is 0 Å². The molecule has 5 heteroatoms. The van der Waals surface area contributed by atoms with Gasteiger partial charge in [-0.2, -0.15) is 0 Å². The molecule has 1 aliphatic rings. The van der Waals surface area contributed by atoms with Crippen molar-refractivity contribution in [3.05, 3.63) is 71.8 Å². The maximum Gasteiger partial charge on any atom is 0.308 e. The van der Waals surface area contributed by atoms with E-state index in [9.17, 15) is 14.7 Å². The quantitative estimate of drug-likeness (QED) is 0.772. The molecule has 2 N–H and O–H groups in total. The van der Waals surface area contributed by atoms with Crippen molar-refractivity contribution < 1.29 is 14.7 Å². The summed E-state index contributed by atoms with van der Waals surface area (Å²) in [5, 5.41) is 12.5. The highest BCUT2D eigenvalue weighted by molar-refractivity contribution is 5.80. The number of carboxylic acids is 1. The molecule has 0 saturated carbocycles. The zero-order chi connectivity index (χ0) is 19.9. The van der Waals surface area contributed by atoms with Gasteiger partial charge in [-0.25, -0.2) is 0 Å². The molecule has 1 amide bonds. The van der Waals surface area contributed by atoms with Crippen LogP contribution < -0.4 is 5.32 Å². The second-order valence-corrected chi connectivity index (χ2v) is 7.56. The predicted molar refractivity (Wildman–Crippen MR) is 109 cm³/mol. The van der Waals surface area contributed by atoms with Crippen LogP contribution in [0.1, 0.15) is 36.9 Å². The SMILES string of the molecule is CC(C(=O)O)C(NC(=O)C1CCN(Cc2ccccc2)CC1)c1ccccc1. The standard InChI is InChI=1S/C23H28N2O3/c1-17(23(27)28)21(19-10-6-3-7-11-19)24-22(26)20-12-14-25(15-13-20)16-18-8-4-2-5-9-18/h2-11,17,20-21H,12-16H2,1H3,(H,24,26)(H,27,28). The highest BCUT2D eigenvalue weighted by Gasteiger charge is 2.31. The summed E-state index contributed by atoms with van der Waals surface area (Å²) in [5.74, 6) is -1.71. The number of hydrogen-bond acceptors (Lipinski definition) is 3. The van der Waals surface area contributed by atoms with Gasteiger partial charge in [-0.15, -0.1) is 0 Å². The zero-order valence-corrected chi connectivity index (χ0v) is 16.3. The van der Waals surface area contributed by atoms with Crippen molar-refractivity contribution in [2.75, 3.05) is 13.1 Å². The van der Waals surface area contributed by atoms with Crippen molar-refractivity contribution in [2.45, 2.75) is 32.4 Å². The van der Waals surface area contributed by atoms with Crippen molar-refractivity contribution in [1.29, 1.82) is 0 Å². The second-order valence-electron chi connectivity index (χ2n) is 7.56. The molecule has 28 heavy (non-hydrogen) atoms. The predicted octanol–water partition coefficient (Wildman–Crippen LogP) is 3.48. The monoisotopic (exact) mass is 380 g/mol. The first kappa shape index (κ1) is 20.1. The number of carbonyl (C=O) groups excluding carboxylic acids is 1. The minimum absolute atomic E-state index is 0.0404. The Morgan fingerprint density at radius 3 is 2.18 bits per heavy atom. The van der Waals surface area contributed by atoms with Crippen molar-refractivity contribution >= 4 is 11.9 Å².